The van der Waals surface area contributed by atoms with Crippen LogP contribution in [-0.4, -0.2) is 23.1 Å². The molecule has 1 fully saturated rings. The van der Waals surface area contributed by atoms with Gasteiger partial charge in [-0.05, 0) is 49.4 Å². The van der Waals surface area contributed by atoms with Crippen LogP contribution in [0.25, 0.3) is 11.0 Å². The molecule has 1 aromatic heterocycles. The summed E-state index contributed by atoms with van der Waals surface area (Å²) >= 11 is 0. The number of imidazole rings is 1. The molecule has 0 amide bonds. The zero-order valence-electron chi connectivity index (χ0n) is 11.9. The quantitative estimate of drug-likeness (QED) is 0.886. The van der Waals surface area contributed by atoms with Gasteiger partial charge in [0.1, 0.15) is 5.82 Å². The fraction of sp³-hybridized carbons (Fsp3) is 0.562. The van der Waals surface area contributed by atoms with Crippen molar-refractivity contribution >= 4 is 11.0 Å². The Morgan fingerprint density at radius 2 is 2.05 bits per heavy atom. The second-order valence-electron chi connectivity index (χ2n) is 5.98. The Morgan fingerprint density at radius 1 is 1.26 bits per heavy atom. The first-order valence-corrected chi connectivity index (χ1v) is 7.42. The number of H-pyrrole nitrogens is 1. The molecule has 1 aromatic carbocycles. The average Bonchev–Trinajstić information content (AvgIpc) is 2.81. The van der Waals surface area contributed by atoms with E-state index in [2.05, 4.69) is 42.3 Å². The van der Waals surface area contributed by atoms with Crippen molar-refractivity contribution in [2.75, 3.05) is 13.1 Å². The zero-order chi connectivity index (χ0) is 13.2. The predicted molar refractivity (Wildman–Crippen MR) is 79.5 cm³/mol. The van der Waals surface area contributed by atoms with E-state index in [0.717, 1.165) is 31.3 Å². The van der Waals surface area contributed by atoms with E-state index in [1.807, 2.05) is 0 Å². The molecule has 0 atom stereocenters. The monoisotopic (exact) mass is 257 g/mol. The summed E-state index contributed by atoms with van der Waals surface area (Å²) in [6, 6.07) is 6.46. The predicted octanol–water partition coefficient (Wildman–Crippen LogP) is 3.23. The molecular weight excluding hydrogens is 234 g/mol. The maximum Gasteiger partial charge on any atom is 0.107 e. The van der Waals surface area contributed by atoms with Crippen LogP contribution in [0.3, 0.4) is 0 Å². The first-order chi connectivity index (χ1) is 9.24. The Bertz CT molecular complexity index is 550. The van der Waals surface area contributed by atoms with Crippen LogP contribution < -0.4 is 5.32 Å². The number of aromatic amines is 1. The number of para-hydroxylation sites is 1. The van der Waals surface area contributed by atoms with E-state index in [4.69, 9.17) is 4.98 Å². The molecule has 0 saturated carbocycles. The molecule has 0 spiro atoms. The largest absolute Gasteiger partial charge is 0.342 e. The van der Waals surface area contributed by atoms with E-state index in [0.29, 0.717) is 5.92 Å². The van der Waals surface area contributed by atoms with E-state index in [-0.39, 0.29) is 0 Å². The second-order valence-corrected chi connectivity index (χ2v) is 5.98. The molecule has 102 valence electrons. The van der Waals surface area contributed by atoms with Crippen molar-refractivity contribution < 1.29 is 0 Å². The van der Waals surface area contributed by atoms with Crippen molar-refractivity contribution in [3.05, 3.63) is 29.6 Å². The molecule has 19 heavy (non-hydrogen) atoms. The Labute approximate surface area is 114 Å². The maximum atomic E-state index is 4.85. The standard InChI is InChI=1S/C16H23N3/c1-11(2)13-4-3-5-14-16(13)19-15(18-14)10-12-6-8-17-9-7-12/h3-5,11-12,17H,6-10H2,1-2H3,(H,18,19). The number of nitrogens with one attached hydrogen (secondary N) is 2. The molecule has 0 unspecified atom stereocenters. The highest BCUT2D eigenvalue weighted by Crippen LogP contribution is 2.25. The van der Waals surface area contributed by atoms with Crippen molar-refractivity contribution in [3.63, 3.8) is 0 Å². The van der Waals surface area contributed by atoms with Crippen molar-refractivity contribution in [2.24, 2.45) is 5.92 Å². The van der Waals surface area contributed by atoms with Crippen LogP contribution in [0.1, 0.15) is 44.0 Å². The van der Waals surface area contributed by atoms with Crippen LogP contribution in [0, 0.1) is 5.92 Å². The first-order valence-electron chi connectivity index (χ1n) is 7.42. The number of hydrogen-bond acceptors (Lipinski definition) is 2. The van der Waals surface area contributed by atoms with Crippen LogP contribution >= 0.6 is 0 Å². The number of hydrogen-bond donors (Lipinski definition) is 2. The number of rotatable bonds is 3. The minimum Gasteiger partial charge on any atom is -0.342 e. The van der Waals surface area contributed by atoms with E-state index in [1.165, 1.54) is 29.4 Å². The molecule has 1 aliphatic rings. The maximum absolute atomic E-state index is 4.85. The molecule has 0 bridgehead atoms. The molecule has 3 nitrogen and oxygen atoms in total. The van der Waals surface area contributed by atoms with E-state index < -0.39 is 0 Å². The van der Waals surface area contributed by atoms with Crippen LogP contribution in [0.15, 0.2) is 18.2 Å². The fourth-order valence-electron chi connectivity index (χ4n) is 3.03. The topological polar surface area (TPSA) is 40.7 Å². The second kappa shape index (κ2) is 5.33. The molecule has 3 rings (SSSR count). The van der Waals surface area contributed by atoms with Gasteiger partial charge in [-0.15, -0.1) is 0 Å². The highest BCUT2D eigenvalue weighted by Gasteiger charge is 2.16. The Kier molecular flexibility index (Phi) is 3.56. The Balaban J connectivity index is 1.86. The van der Waals surface area contributed by atoms with Crippen molar-refractivity contribution in [1.82, 2.24) is 15.3 Å². The Morgan fingerprint density at radius 3 is 2.79 bits per heavy atom. The molecule has 0 radical (unpaired) electrons. The summed E-state index contributed by atoms with van der Waals surface area (Å²) < 4.78 is 0. The molecule has 2 N–H and O–H groups in total. The number of piperidine rings is 1. The van der Waals surface area contributed by atoms with Gasteiger partial charge in [-0.3, -0.25) is 0 Å². The van der Waals surface area contributed by atoms with Gasteiger partial charge < -0.3 is 10.3 Å². The summed E-state index contributed by atoms with van der Waals surface area (Å²) in [6.45, 7) is 6.77. The van der Waals surface area contributed by atoms with Gasteiger partial charge in [0, 0.05) is 6.42 Å². The number of nitrogens with zero attached hydrogens (tertiary/aromatic N) is 1. The highest BCUT2D eigenvalue weighted by atomic mass is 14.9. The number of fused-ring (bicyclic) bond motifs is 1. The van der Waals surface area contributed by atoms with Crippen LogP contribution in [0.2, 0.25) is 0 Å². The lowest BCUT2D eigenvalue weighted by molar-refractivity contribution is 0.368. The highest BCUT2D eigenvalue weighted by molar-refractivity contribution is 5.79. The third-order valence-corrected chi connectivity index (χ3v) is 4.16. The van der Waals surface area contributed by atoms with Gasteiger partial charge in [0.05, 0.1) is 11.0 Å². The number of aromatic nitrogens is 2. The van der Waals surface area contributed by atoms with Crippen molar-refractivity contribution in [1.29, 1.82) is 0 Å². The van der Waals surface area contributed by atoms with Gasteiger partial charge in [0.25, 0.3) is 0 Å². The van der Waals surface area contributed by atoms with Gasteiger partial charge in [-0.2, -0.15) is 0 Å². The minimum atomic E-state index is 0.527. The minimum absolute atomic E-state index is 0.527. The van der Waals surface area contributed by atoms with Crippen LogP contribution in [0.5, 0.6) is 0 Å². The summed E-state index contributed by atoms with van der Waals surface area (Å²) in [5.41, 5.74) is 3.71. The summed E-state index contributed by atoms with van der Waals surface area (Å²) in [5.74, 6) is 2.47. The average molecular weight is 257 g/mol. The normalized spacial score (nSPS) is 17.4. The lowest BCUT2D eigenvalue weighted by Gasteiger charge is -2.21. The van der Waals surface area contributed by atoms with Gasteiger partial charge in [0.15, 0.2) is 0 Å². The SMILES string of the molecule is CC(C)c1cccc2[nH]c(CC3CCNCC3)nc12. The van der Waals surface area contributed by atoms with Gasteiger partial charge in [-0.25, -0.2) is 4.98 Å². The molecule has 1 aliphatic heterocycles. The van der Waals surface area contributed by atoms with Crippen molar-refractivity contribution in [3.8, 4) is 0 Å². The summed E-state index contributed by atoms with van der Waals surface area (Å²) in [7, 11) is 0. The van der Waals surface area contributed by atoms with Crippen LogP contribution in [-0.2, 0) is 6.42 Å². The molecule has 3 heteroatoms. The summed E-state index contributed by atoms with van der Waals surface area (Å²) in [5, 5.41) is 3.42. The molecule has 0 aliphatic carbocycles. The van der Waals surface area contributed by atoms with Gasteiger partial charge >= 0.3 is 0 Å². The van der Waals surface area contributed by atoms with E-state index in [9.17, 15) is 0 Å². The first kappa shape index (κ1) is 12.7. The van der Waals surface area contributed by atoms with Gasteiger partial charge in [0.2, 0.25) is 0 Å². The lowest BCUT2D eigenvalue weighted by Crippen LogP contribution is -2.28. The summed E-state index contributed by atoms with van der Waals surface area (Å²) in [4.78, 5) is 8.36. The smallest absolute Gasteiger partial charge is 0.107 e. The fourth-order valence-corrected chi connectivity index (χ4v) is 3.03. The molecule has 1 saturated heterocycles. The van der Waals surface area contributed by atoms with Gasteiger partial charge in [-0.1, -0.05) is 26.0 Å². The van der Waals surface area contributed by atoms with E-state index in [1.54, 1.807) is 0 Å². The third-order valence-electron chi connectivity index (χ3n) is 4.16. The number of benzene rings is 1. The summed E-state index contributed by atoms with van der Waals surface area (Å²) in [6.07, 6.45) is 3.63. The zero-order valence-corrected chi connectivity index (χ0v) is 11.9. The Hall–Kier alpha value is -1.35. The molecule has 2 aromatic rings. The third kappa shape index (κ3) is 2.66. The lowest BCUT2D eigenvalue weighted by atomic mass is 9.94. The van der Waals surface area contributed by atoms with Crippen LogP contribution in [0.4, 0.5) is 0 Å². The molecular formula is C16H23N3. The van der Waals surface area contributed by atoms with E-state index >= 15 is 0 Å². The molecule has 2 heterocycles. The van der Waals surface area contributed by atoms with Crippen molar-refractivity contribution in [2.45, 2.75) is 39.0 Å².